The normalized spacial score (nSPS) is 15.0. The maximum Gasteiger partial charge on any atom is 0.416 e. The quantitative estimate of drug-likeness (QED) is 0.923. The Morgan fingerprint density at radius 1 is 1.29 bits per heavy atom. The Bertz CT molecular complexity index is 659. The largest absolute Gasteiger partial charge is 0.416 e. The lowest BCUT2D eigenvalue weighted by Crippen LogP contribution is -2.25. The molecule has 1 aliphatic rings. The standard InChI is InChI=1S/C15H16F3N3/c1-10-20-13-8-19-7-6-14(13)21(10)9-11-4-2-3-5-12(11)15(16,17)18/h2-5,19H,6-9H2,1H3. The van der Waals surface area contributed by atoms with Gasteiger partial charge in [0.05, 0.1) is 11.3 Å². The van der Waals surface area contributed by atoms with Crippen molar-refractivity contribution >= 4 is 0 Å². The van der Waals surface area contributed by atoms with Gasteiger partial charge in [-0.25, -0.2) is 4.98 Å². The molecule has 0 bridgehead atoms. The van der Waals surface area contributed by atoms with Gasteiger partial charge in [0.25, 0.3) is 0 Å². The molecule has 2 heterocycles. The molecule has 1 aromatic heterocycles. The fraction of sp³-hybridized carbons (Fsp3) is 0.400. The molecule has 0 saturated carbocycles. The second kappa shape index (κ2) is 5.18. The van der Waals surface area contributed by atoms with Crippen molar-refractivity contribution in [3.05, 3.63) is 52.6 Å². The molecule has 0 atom stereocenters. The highest BCUT2D eigenvalue weighted by Crippen LogP contribution is 2.32. The molecule has 0 spiro atoms. The SMILES string of the molecule is Cc1nc2c(n1Cc1ccccc1C(F)(F)F)CCNC2. The molecular formula is C15H16F3N3. The lowest BCUT2D eigenvalue weighted by Gasteiger charge is -2.18. The number of hydrogen-bond donors (Lipinski definition) is 1. The number of imidazole rings is 1. The fourth-order valence-corrected chi connectivity index (χ4v) is 2.82. The average Bonchev–Trinajstić information content (AvgIpc) is 2.75. The second-order valence-electron chi connectivity index (χ2n) is 5.22. The Kier molecular flexibility index (Phi) is 3.49. The van der Waals surface area contributed by atoms with Gasteiger partial charge in [-0.05, 0) is 18.6 Å². The number of benzene rings is 1. The Morgan fingerprint density at radius 2 is 2.05 bits per heavy atom. The smallest absolute Gasteiger partial charge is 0.327 e. The van der Waals surface area contributed by atoms with Gasteiger partial charge in [-0.2, -0.15) is 13.2 Å². The molecule has 0 aliphatic carbocycles. The summed E-state index contributed by atoms with van der Waals surface area (Å²) in [7, 11) is 0. The molecule has 2 aromatic rings. The number of nitrogens with zero attached hydrogens (tertiary/aromatic N) is 2. The third-order valence-corrected chi connectivity index (χ3v) is 3.83. The van der Waals surface area contributed by atoms with E-state index in [0.29, 0.717) is 6.54 Å². The van der Waals surface area contributed by atoms with Crippen LogP contribution >= 0.6 is 0 Å². The Balaban J connectivity index is 2.00. The van der Waals surface area contributed by atoms with Crippen LogP contribution in [0.5, 0.6) is 0 Å². The van der Waals surface area contributed by atoms with Crippen molar-refractivity contribution < 1.29 is 13.2 Å². The summed E-state index contributed by atoms with van der Waals surface area (Å²) in [4.78, 5) is 4.46. The van der Waals surface area contributed by atoms with Crippen LogP contribution in [0, 0.1) is 6.92 Å². The predicted octanol–water partition coefficient (Wildman–Crippen LogP) is 2.90. The maximum absolute atomic E-state index is 13.1. The van der Waals surface area contributed by atoms with Crippen molar-refractivity contribution in [2.75, 3.05) is 6.54 Å². The molecule has 0 saturated heterocycles. The van der Waals surface area contributed by atoms with Crippen LogP contribution in [0.15, 0.2) is 24.3 Å². The summed E-state index contributed by atoms with van der Waals surface area (Å²) in [6.07, 6.45) is -3.53. The van der Waals surface area contributed by atoms with Crippen molar-refractivity contribution in [1.29, 1.82) is 0 Å². The number of halogens is 3. The third-order valence-electron chi connectivity index (χ3n) is 3.83. The summed E-state index contributed by atoms with van der Waals surface area (Å²) in [6, 6.07) is 5.74. The zero-order valence-corrected chi connectivity index (χ0v) is 11.7. The minimum Gasteiger partial charge on any atom is -0.327 e. The van der Waals surface area contributed by atoms with E-state index in [1.165, 1.54) is 12.1 Å². The molecule has 3 rings (SSSR count). The first-order valence-corrected chi connectivity index (χ1v) is 6.87. The van der Waals surface area contributed by atoms with Gasteiger partial charge in [0.2, 0.25) is 0 Å². The van der Waals surface area contributed by atoms with Gasteiger partial charge in [-0.3, -0.25) is 0 Å². The summed E-state index contributed by atoms with van der Waals surface area (Å²) in [6.45, 7) is 3.57. The molecular weight excluding hydrogens is 279 g/mol. The molecule has 6 heteroatoms. The molecule has 0 radical (unpaired) electrons. The minimum atomic E-state index is -4.33. The summed E-state index contributed by atoms with van der Waals surface area (Å²) in [5, 5.41) is 3.23. The van der Waals surface area contributed by atoms with E-state index >= 15 is 0 Å². The molecule has 0 fully saturated rings. The topological polar surface area (TPSA) is 29.9 Å². The Labute approximate surface area is 120 Å². The summed E-state index contributed by atoms with van der Waals surface area (Å²) in [5.41, 5.74) is 1.71. The van der Waals surface area contributed by atoms with Gasteiger partial charge in [-0.15, -0.1) is 0 Å². The zero-order valence-electron chi connectivity index (χ0n) is 11.7. The molecule has 112 valence electrons. The zero-order chi connectivity index (χ0) is 15.0. The van der Waals surface area contributed by atoms with Crippen molar-refractivity contribution in [3.63, 3.8) is 0 Å². The van der Waals surface area contributed by atoms with Crippen molar-refractivity contribution in [2.45, 2.75) is 32.6 Å². The van der Waals surface area contributed by atoms with Crippen LogP contribution in [-0.4, -0.2) is 16.1 Å². The van der Waals surface area contributed by atoms with Gasteiger partial charge >= 0.3 is 6.18 Å². The van der Waals surface area contributed by atoms with E-state index in [0.717, 1.165) is 36.2 Å². The van der Waals surface area contributed by atoms with Crippen LogP contribution in [-0.2, 0) is 25.7 Å². The van der Waals surface area contributed by atoms with Gasteiger partial charge in [-0.1, -0.05) is 18.2 Å². The number of aromatic nitrogens is 2. The number of hydrogen-bond acceptors (Lipinski definition) is 2. The van der Waals surface area contributed by atoms with E-state index in [2.05, 4.69) is 10.3 Å². The van der Waals surface area contributed by atoms with Gasteiger partial charge in [0.1, 0.15) is 5.82 Å². The van der Waals surface area contributed by atoms with E-state index in [-0.39, 0.29) is 12.1 Å². The fourth-order valence-electron chi connectivity index (χ4n) is 2.82. The summed E-state index contributed by atoms with van der Waals surface area (Å²) < 4.78 is 41.1. The van der Waals surface area contributed by atoms with Crippen LogP contribution in [0.1, 0.15) is 28.3 Å². The third kappa shape index (κ3) is 2.68. The van der Waals surface area contributed by atoms with E-state index in [4.69, 9.17) is 0 Å². The first-order valence-electron chi connectivity index (χ1n) is 6.87. The van der Waals surface area contributed by atoms with Gasteiger partial charge in [0.15, 0.2) is 0 Å². The Morgan fingerprint density at radius 3 is 2.81 bits per heavy atom. The highest BCUT2D eigenvalue weighted by Gasteiger charge is 2.33. The van der Waals surface area contributed by atoms with Crippen LogP contribution in [0.25, 0.3) is 0 Å². The summed E-state index contributed by atoms with van der Waals surface area (Å²) >= 11 is 0. The molecule has 0 amide bonds. The Hall–Kier alpha value is -1.82. The monoisotopic (exact) mass is 295 g/mol. The predicted molar refractivity (Wildman–Crippen MR) is 72.9 cm³/mol. The number of alkyl halides is 3. The summed E-state index contributed by atoms with van der Waals surface area (Å²) in [5.74, 6) is 0.765. The maximum atomic E-state index is 13.1. The van der Waals surface area contributed by atoms with Crippen LogP contribution < -0.4 is 5.32 Å². The van der Waals surface area contributed by atoms with Crippen LogP contribution in [0.4, 0.5) is 13.2 Å². The molecule has 21 heavy (non-hydrogen) atoms. The lowest BCUT2D eigenvalue weighted by molar-refractivity contribution is -0.138. The van der Waals surface area contributed by atoms with Crippen molar-refractivity contribution in [1.82, 2.24) is 14.9 Å². The van der Waals surface area contributed by atoms with E-state index < -0.39 is 11.7 Å². The minimum absolute atomic E-state index is 0.212. The highest BCUT2D eigenvalue weighted by molar-refractivity contribution is 5.31. The first-order chi connectivity index (χ1) is 9.97. The molecule has 1 aromatic carbocycles. The molecule has 0 unspecified atom stereocenters. The van der Waals surface area contributed by atoms with E-state index in [1.807, 2.05) is 11.5 Å². The van der Waals surface area contributed by atoms with Crippen LogP contribution in [0.3, 0.4) is 0 Å². The van der Waals surface area contributed by atoms with Gasteiger partial charge < -0.3 is 9.88 Å². The van der Waals surface area contributed by atoms with E-state index in [1.54, 1.807) is 6.07 Å². The first kappa shape index (κ1) is 14.1. The van der Waals surface area contributed by atoms with Gasteiger partial charge in [0, 0.05) is 31.7 Å². The number of fused-ring (bicyclic) bond motifs is 1. The second-order valence-corrected chi connectivity index (χ2v) is 5.22. The highest BCUT2D eigenvalue weighted by atomic mass is 19.4. The number of aryl methyl sites for hydroxylation is 1. The molecule has 1 aliphatic heterocycles. The number of rotatable bonds is 2. The number of nitrogens with one attached hydrogen (secondary N) is 1. The van der Waals surface area contributed by atoms with E-state index in [9.17, 15) is 13.2 Å². The van der Waals surface area contributed by atoms with Crippen molar-refractivity contribution in [3.8, 4) is 0 Å². The van der Waals surface area contributed by atoms with Crippen LogP contribution in [0.2, 0.25) is 0 Å². The lowest BCUT2D eigenvalue weighted by atomic mass is 10.1. The average molecular weight is 295 g/mol. The molecule has 3 nitrogen and oxygen atoms in total. The molecule has 1 N–H and O–H groups in total. The van der Waals surface area contributed by atoms with Crippen molar-refractivity contribution in [2.24, 2.45) is 0 Å².